The normalized spacial score (nSPS) is 18.9. The number of rotatable bonds is 4. The van der Waals surface area contributed by atoms with Crippen LogP contribution in [0.3, 0.4) is 0 Å². The molecule has 162 valence electrons. The van der Waals surface area contributed by atoms with E-state index in [0.29, 0.717) is 24.9 Å². The molecule has 0 spiro atoms. The third-order valence-electron chi connectivity index (χ3n) is 5.74. The van der Waals surface area contributed by atoms with Crippen LogP contribution in [-0.2, 0) is 11.3 Å². The molecule has 2 aliphatic heterocycles. The van der Waals surface area contributed by atoms with Gasteiger partial charge in [-0.2, -0.15) is 0 Å². The van der Waals surface area contributed by atoms with Crippen LogP contribution in [0.25, 0.3) is 0 Å². The second-order valence-corrected chi connectivity index (χ2v) is 8.75. The van der Waals surface area contributed by atoms with E-state index in [4.69, 9.17) is 4.99 Å². The van der Waals surface area contributed by atoms with Crippen LogP contribution < -0.4 is 0 Å². The molecule has 3 heterocycles. The van der Waals surface area contributed by atoms with E-state index in [1.807, 2.05) is 50.5 Å². The first-order chi connectivity index (χ1) is 14.7. The van der Waals surface area contributed by atoms with Gasteiger partial charge in [0.25, 0.3) is 5.91 Å². The topological polar surface area (TPSA) is 73.8 Å². The van der Waals surface area contributed by atoms with E-state index >= 15 is 0 Å². The summed E-state index contributed by atoms with van der Waals surface area (Å²) in [6.45, 7) is 10.8. The van der Waals surface area contributed by atoms with Gasteiger partial charge in [-0.15, -0.1) is 9.78 Å². The lowest BCUT2D eigenvalue weighted by Crippen LogP contribution is -2.63. The van der Waals surface area contributed by atoms with Crippen molar-refractivity contribution >= 4 is 23.7 Å². The third-order valence-corrected chi connectivity index (χ3v) is 5.74. The molecule has 1 aromatic heterocycles. The van der Waals surface area contributed by atoms with Crippen LogP contribution in [0.15, 0.2) is 35.3 Å². The molecule has 3 amide bonds. The first-order valence-corrected chi connectivity index (χ1v) is 10.6. The number of amides is 3. The van der Waals surface area contributed by atoms with Gasteiger partial charge in [-0.25, -0.2) is 9.37 Å². The molecule has 0 bridgehead atoms. The highest BCUT2D eigenvalue weighted by Gasteiger charge is 2.53. The predicted molar refractivity (Wildman–Crippen MR) is 118 cm³/mol. The van der Waals surface area contributed by atoms with Gasteiger partial charge >= 0.3 is 12.0 Å². The highest BCUT2D eigenvalue weighted by atomic mass is 16.2. The number of urea groups is 1. The number of hydrogen-bond donors (Lipinski definition) is 0. The molecule has 0 saturated carbocycles. The molecule has 0 aliphatic carbocycles. The number of aromatic nitrogens is 2. The van der Waals surface area contributed by atoms with Gasteiger partial charge in [0.2, 0.25) is 11.9 Å². The standard InChI is InChI=1S/C23H29N6O2/c1-14(2)12-28-21(30)19-20(26(6)23(28)31)24-22(29-17(5)11-16(4)25-29)27(19)13-18-10-8-7-9-15(18)3/h7-11,14,19H,12-13H2,1-6H3/q+1. The minimum absolute atomic E-state index is 0.172. The van der Waals surface area contributed by atoms with Crippen molar-refractivity contribution in [3.05, 3.63) is 52.8 Å². The zero-order valence-electron chi connectivity index (χ0n) is 19.0. The summed E-state index contributed by atoms with van der Waals surface area (Å²) in [5.41, 5.74) is 4.02. The Balaban J connectivity index is 1.87. The lowest BCUT2D eigenvalue weighted by molar-refractivity contribution is -0.553. The smallest absolute Gasteiger partial charge is 0.270 e. The number of carbonyl (C=O) groups is 2. The average molecular weight is 422 g/mol. The molecule has 0 radical (unpaired) electrons. The third kappa shape index (κ3) is 3.56. The van der Waals surface area contributed by atoms with Gasteiger partial charge < -0.3 is 0 Å². The van der Waals surface area contributed by atoms with Crippen LogP contribution in [0.5, 0.6) is 0 Å². The van der Waals surface area contributed by atoms with E-state index in [9.17, 15) is 9.59 Å². The van der Waals surface area contributed by atoms with Crippen LogP contribution in [0.2, 0.25) is 0 Å². The van der Waals surface area contributed by atoms with Gasteiger partial charge in [-0.3, -0.25) is 14.6 Å². The lowest BCUT2D eigenvalue weighted by atomic mass is 10.1. The number of amidine groups is 1. The SMILES string of the molecule is Cc1cc(C)n(C2=[N+](Cc3ccccc3C)C3C(=O)N(CC(C)C)C(=O)N(C)C3=N2)n1. The Labute approximate surface area is 182 Å². The number of imide groups is 1. The second-order valence-electron chi connectivity index (χ2n) is 8.75. The minimum Gasteiger partial charge on any atom is -0.270 e. The number of nitrogens with zero attached hydrogens (tertiary/aromatic N) is 6. The fourth-order valence-corrected chi connectivity index (χ4v) is 4.17. The summed E-state index contributed by atoms with van der Waals surface area (Å²) in [6, 6.07) is 9.08. The summed E-state index contributed by atoms with van der Waals surface area (Å²) in [5, 5.41) is 4.60. The van der Waals surface area contributed by atoms with Crippen molar-refractivity contribution in [1.82, 2.24) is 19.6 Å². The minimum atomic E-state index is -0.667. The number of hydrogen-bond acceptors (Lipinski definition) is 4. The van der Waals surface area contributed by atoms with E-state index in [-0.39, 0.29) is 17.9 Å². The second kappa shape index (κ2) is 7.76. The molecule has 8 nitrogen and oxygen atoms in total. The molecule has 4 rings (SSSR count). The van der Waals surface area contributed by atoms with Crippen LogP contribution in [0.1, 0.15) is 36.4 Å². The van der Waals surface area contributed by atoms with E-state index < -0.39 is 6.04 Å². The zero-order chi connectivity index (χ0) is 22.4. The molecular formula is C23H29N6O2+. The van der Waals surface area contributed by atoms with Crippen molar-refractivity contribution in [2.75, 3.05) is 13.6 Å². The van der Waals surface area contributed by atoms with Gasteiger partial charge in [0.15, 0.2) is 0 Å². The molecule has 1 atom stereocenters. The number of benzene rings is 1. The van der Waals surface area contributed by atoms with Gasteiger partial charge in [-0.05, 0) is 43.9 Å². The monoisotopic (exact) mass is 421 g/mol. The number of aryl methyl sites for hydroxylation is 3. The molecule has 1 unspecified atom stereocenters. The quantitative estimate of drug-likeness (QED) is 0.712. The predicted octanol–water partition coefficient (Wildman–Crippen LogP) is 2.56. The van der Waals surface area contributed by atoms with Crippen LogP contribution >= 0.6 is 0 Å². The summed E-state index contributed by atoms with van der Waals surface area (Å²) in [4.78, 5) is 34.1. The molecule has 2 aromatic rings. The van der Waals surface area contributed by atoms with Crippen molar-refractivity contribution in [3.8, 4) is 0 Å². The molecular weight excluding hydrogens is 392 g/mol. The van der Waals surface area contributed by atoms with E-state index in [1.165, 1.54) is 9.80 Å². The maximum Gasteiger partial charge on any atom is 0.421 e. The van der Waals surface area contributed by atoms with E-state index in [2.05, 4.69) is 24.2 Å². The average Bonchev–Trinajstić information content (AvgIpc) is 3.24. The Morgan fingerprint density at radius 2 is 1.84 bits per heavy atom. The first-order valence-electron chi connectivity index (χ1n) is 10.6. The number of carbonyl (C=O) groups excluding carboxylic acids is 2. The van der Waals surface area contributed by atoms with Gasteiger partial charge in [-0.1, -0.05) is 43.1 Å². The maximum absolute atomic E-state index is 13.6. The summed E-state index contributed by atoms with van der Waals surface area (Å²) in [6.07, 6.45) is 0. The fourth-order valence-electron chi connectivity index (χ4n) is 4.17. The Kier molecular flexibility index (Phi) is 5.24. The van der Waals surface area contributed by atoms with E-state index in [1.54, 1.807) is 11.7 Å². The van der Waals surface area contributed by atoms with E-state index in [0.717, 1.165) is 22.5 Å². The number of likely N-dealkylation sites (N-methyl/N-ethyl adjacent to an activating group) is 1. The number of fused-ring (bicyclic) bond motifs is 1. The van der Waals surface area contributed by atoms with Crippen LogP contribution in [-0.4, -0.2) is 67.5 Å². The molecule has 31 heavy (non-hydrogen) atoms. The van der Waals surface area contributed by atoms with Gasteiger partial charge in [0, 0.05) is 13.6 Å². The molecule has 1 saturated heterocycles. The molecule has 0 N–H and O–H groups in total. The molecule has 2 aliphatic rings. The van der Waals surface area contributed by atoms with Crippen molar-refractivity contribution in [2.24, 2.45) is 10.9 Å². The van der Waals surface area contributed by atoms with Crippen LogP contribution in [0.4, 0.5) is 4.79 Å². The Morgan fingerprint density at radius 1 is 1.13 bits per heavy atom. The van der Waals surface area contributed by atoms with Crippen molar-refractivity contribution in [3.63, 3.8) is 0 Å². The zero-order valence-corrected chi connectivity index (χ0v) is 19.0. The fraction of sp³-hybridized carbons (Fsp3) is 0.435. The van der Waals surface area contributed by atoms with Crippen molar-refractivity contribution < 1.29 is 14.2 Å². The van der Waals surface area contributed by atoms with Crippen molar-refractivity contribution in [2.45, 2.75) is 47.2 Å². The molecule has 1 fully saturated rings. The summed E-state index contributed by atoms with van der Waals surface area (Å²) in [7, 11) is 1.68. The first kappa shape index (κ1) is 21.0. The largest absolute Gasteiger partial charge is 0.421 e. The van der Waals surface area contributed by atoms with Crippen LogP contribution in [0, 0.1) is 26.7 Å². The van der Waals surface area contributed by atoms with Gasteiger partial charge in [0.05, 0.1) is 12.2 Å². The lowest BCUT2D eigenvalue weighted by Gasteiger charge is -2.35. The summed E-state index contributed by atoms with van der Waals surface area (Å²) >= 11 is 0. The summed E-state index contributed by atoms with van der Waals surface area (Å²) < 4.78 is 3.73. The summed E-state index contributed by atoms with van der Waals surface area (Å²) in [5.74, 6) is 0.950. The molecule has 1 aromatic carbocycles. The van der Waals surface area contributed by atoms with Crippen molar-refractivity contribution in [1.29, 1.82) is 0 Å². The Bertz CT molecular complexity index is 1130. The Morgan fingerprint density at radius 3 is 2.45 bits per heavy atom. The highest BCUT2D eigenvalue weighted by molar-refractivity contribution is 6.23. The molecule has 8 heteroatoms. The Hall–Kier alpha value is -3.29. The van der Waals surface area contributed by atoms with Gasteiger partial charge in [0.1, 0.15) is 5.69 Å². The maximum atomic E-state index is 13.6. The highest BCUT2D eigenvalue weighted by Crippen LogP contribution is 2.24. The number of aliphatic imine (C=N–C) groups is 1.